The Hall–Kier alpha value is -2.71. The van der Waals surface area contributed by atoms with Gasteiger partial charge in [-0.1, -0.05) is 0 Å². The number of hydrogen-bond acceptors (Lipinski definition) is 4. The number of urea groups is 1. The van der Waals surface area contributed by atoms with Crippen LogP contribution in [-0.2, 0) is 9.53 Å². The van der Waals surface area contributed by atoms with Gasteiger partial charge in [0, 0.05) is 12.2 Å². The van der Waals surface area contributed by atoms with E-state index in [0.717, 1.165) is 19.2 Å². The van der Waals surface area contributed by atoms with Crippen molar-refractivity contribution in [2.45, 2.75) is 6.42 Å². The highest BCUT2D eigenvalue weighted by molar-refractivity contribution is 5.93. The second-order valence-electron chi connectivity index (χ2n) is 3.83. The summed E-state index contributed by atoms with van der Waals surface area (Å²) < 4.78 is 31.4. The second-order valence-corrected chi connectivity index (χ2v) is 3.83. The first kappa shape index (κ1) is 16.3. The number of ether oxygens (including phenoxy) is 1. The molecule has 1 aromatic rings. The Labute approximate surface area is 117 Å². The van der Waals surface area contributed by atoms with E-state index in [0.29, 0.717) is 0 Å². The monoisotopic (exact) mass is 302 g/mol. The van der Waals surface area contributed by atoms with E-state index in [9.17, 15) is 23.2 Å². The van der Waals surface area contributed by atoms with Gasteiger partial charge >= 0.3 is 18.0 Å². The molecule has 0 aromatic heterocycles. The number of hydrogen-bond donors (Lipinski definition) is 3. The Kier molecular flexibility index (Phi) is 5.58. The molecule has 21 heavy (non-hydrogen) atoms. The minimum Gasteiger partial charge on any atom is -0.481 e. The fourth-order valence-electron chi connectivity index (χ4n) is 1.40. The number of methoxy groups -OCH3 is 1. The third-order valence-electron chi connectivity index (χ3n) is 2.31. The smallest absolute Gasteiger partial charge is 0.343 e. The molecule has 9 heteroatoms. The van der Waals surface area contributed by atoms with Crippen LogP contribution in [0.4, 0.5) is 19.3 Å². The number of halogens is 2. The predicted octanol–water partition coefficient (Wildman–Crippen LogP) is 1.35. The van der Waals surface area contributed by atoms with Crippen LogP contribution in [0, 0.1) is 11.6 Å². The molecule has 0 bridgehead atoms. The molecule has 0 heterocycles. The zero-order valence-electron chi connectivity index (χ0n) is 10.9. The fraction of sp³-hybridized carbons (Fsp3) is 0.250. The lowest BCUT2D eigenvalue weighted by molar-refractivity contribution is -0.136. The molecule has 0 spiro atoms. The lowest BCUT2D eigenvalue weighted by Gasteiger charge is -2.09. The van der Waals surface area contributed by atoms with E-state index in [4.69, 9.17) is 5.11 Å². The van der Waals surface area contributed by atoms with Crippen molar-refractivity contribution in [2.24, 2.45) is 0 Å². The van der Waals surface area contributed by atoms with Crippen LogP contribution in [0.1, 0.15) is 16.8 Å². The molecule has 2 amide bonds. The minimum absolute atomic E-state index is 0.146. The van der Waals surface area contributed by atoms with Crippen molar-refractivity contribution in [1.82, 2.24) is 5.32 Å². The number of carboxylic acid groups (broad SMARTS) is 1. The molecule has 0 saturated carbocycles. The van der Waals surface area contributed by atoms with Crippen molar-refractivity contribution in [2.75, 3.05) is 19.0 Å². The molecule has 0 aliphatic carbocycles. The molecule has 1 rings (SSSR count). The first-order valence-electron chi connectivity index (χ1n) is 5.69. The van der Waals surface area contributed by atoms with Gasteiger partial charge in [-0.3, -0.25) is 4.79 Å². The number of carbonyl (C=O) groups excluding carboxylic acids is 2. The number of esters is 1. The van der Waals surface area contributed by atoms with Gasteiger partial charge in [-0.05, 0) is 12.1 Å². The lowest BCUT2D eigenvalue weighted by atomic mass is 10.2. The topological polar surface area (TPSA) is 105 Å². The van der Waals surface area contributed by atoms with Crippen LogP contribution in [0.25, 0.3) is 0 Å². The van der Waals surface area contributed by atoms with E-state index >= 15 is 0 Å². The minimum atomic E-state index is -1.19. The second kappa shape index (κ2) is 7.17. The molecule has 0 radical (unpaired) electrons. The molecular formula is C12H12F2N2O5. The van der Waals surface area contributed by atoms with Gasteiger partial charge in [0.15, 0.2) is 0 Å². The van der Waals surface area contributed by atoms with Crippen molar-refractivity contribution in [1.29, 1.82) is 0 Å². The summed E-state index contributed by atoms with van der Waals surface area (Å²) in [5, 5.41) is 12.7. The van der Waals surface area contributed by atoms with Crippen LogP contribution in [0.15, 0.2) is 12.1 Å². The van der Waals surface area contributed by atoms with Crippen molar-refractivity contribution in [3.8, 4) is 0 Å². The molecule has 3 N–H and O–H groups in total. The summed E-state index contributed by atoms with van der Waals surface area (Å²) in [4.78, 5) is 32.7. The predicted molar refractivity (Wildman–Crippen MR) is 67.0 cm³/mol. The summed E-state index contributed by atoms with van der Waals surface area (Å²) >= 11 is 0. The number of amides is 2. The number of carboxylic acids is 1. The van der Waals surface area contributed by atoms with Crippen LogP contribution < -0.4 is 10.6 Å². The Bertz CT molecular complexity index is 554. The lowest BCUT2D eigenvalue weighted by Crippen LogP contribution is -2.30. The van der Waals surface area contributed by atoms with Gasteiger partial charge in [0.2, 0.25) is 0 Å². The van der Waals surface area contributed by atoms with Gasteiger partial charge in [-0.15, -0.1) is 0 Å². The van der Waals surface area contributed by atoms with E-state index in [2.05, 4.69) is 15.4 Å². The van der Waals surface area contributed by atoms with Crippen LogP contribution in [0.3, 0.4) is 0 Å². The molecule has 0 unspecified atom stereocenters. The summed E-state index contributed by atoms with van der Waals surface area (Å²) in [6.45, 7) is -0.146. The first-order valence-corrected chi connectivity index (χ1v) is 5.69. The third kappa shape index (κ3) is 4.71. The van der Waals surface area contributed by atoms with E-state index in [1.807, 2.05) is 0 Å². The highest BCUT2D eigenvalue weighted by Gasteiger charge is 2.19. The summed E-state index contributed by atoms with van der Waals surface area (Å²) in [5.74, 6) is -4.66. The Morgan fingerprint density at radius 1 is 1.24 bits per heavy atom. The van der Waals surface area contributed by atoms with Gasteiger partial charge in [-0.2, -0.15) is 0 Å². The highest BCUT2D eigenvalue weighted by Crippen LogP contribution is 2.19. The molecule has 7 nitrogen and oxygen atoms in total. The quantitative estimate of drug-likeness (QED) is 0.712. The zero-order chi connectivity index (χ0) is 16.0. The van der Waals surface area contributed by atoms with Crippen LogP contribution in [-0.4, -0.2) is 36.7 Å². The number of nitrogens with one attached hydrogen (secondary N) is 2. The van der Waals surface area contributed by atoms with E-state index in [1.54, 1.807) is 0 Å². The van der Waals surface area contributed by atoms with E-state index in [1.165, 1.54) is 0 Å². The van der Waals surface area contributed by atoms with Crippen molar-refractivity contribution in [3.63, 3.8) is 0 Å². The summed E-state index contributed by atoms with van der Waals surface area (Å²) in [6, 6.07) is 0.652. The van der Waals surface area contributed by atoms with E-state index < -0.39 is 35.2 Å². The van der Waals surface area contributed by atoms with Crippen LogP contribution in [0.5, 0.6) is 0 Å². The first-order chi connectivity index (χ1) is 9.85. The maximum absolute atomic E-state index is 13.6. The van der Waals surface area contributed by atoms with Crippen molar-refractivity contribution in [3.05, 3.63) is 29.3 Å². The van der Waals surface area contributed by atoms with Crippen LogP contribution in [0.2, 0.25) is 0 Å². The average Bonchev–Trinajstić information content (AvgIpc) is 2.36. The molecular weight excluding hydrogens is 290 g/mol. The van der Waals surface area contributed by atoms with Gasteiger partial charge in [0.25, 0.3) is 0 Å². The van der Waals surface area contributed by atoms with Crippen LogP contribution >= 0.6 is 0 Å². The summed E-state index contributed by atoms with van der Waals surface area (Å²) in [5.41, 5.74) is -1.10. The highest BCUT2D eigenvalue weighted by atomic mass is 19.1. The Balaban J connectivity index is 2.75. The molecule has 0 aliphatic rings. The van der Waals surface area contributed by atoms with E-state index in [-0.39, 0.29) is 18.7 Å². The molecule has 0 atom stereocenters. The third-order valence-corrected chi connectivity index (χ3v) is 2.31. The Morgan fingerprint density at radius 3 is 2.29 bits per heavy atom. The fourth-order valence-corrected chi connectivity index (χ4v) is 1.40. The SMILES string of the molecule is COC(=O)c1c(F)cc(NC(=O)NCCC(=O)O)cc1F. The standard InChI is InChI=1S/C12H12F2N2O5/c1-21-11(19)10-7(13)4-6(5-8(10)14)16-12(20)15-3-2-9(17)18/h4-5H,2-3H2,1H3,(H,17,18)(H2,15,16,20). The van der Waals surface area contributed by atoms with Crippen molar-refractivity contribution >= 4 is 23.7 Å². The number of carbonyl (C=O) groups is 3. The number of rotatable bonds is 5. The maximum atomic E-state index is 13.6. The maximum Gasteiger partial charge on any atom is 0.343 e. The average molecular weight is 302 g/mol. The molecule has 114 valence electrons. The molecule has 1 aromatic carbocycles. The number of anilines is 1. The van der Waals surface area contributed by atoms with Gasteiger partial charge in [-0.25, -0.2) is 18.4 Å². The Morgan fingerprint density at radius 2 is 1.81 bits per heavy atom. The summed E-state index contributed by atoms with van der Waals surface area (Å²) in [7, 11) is 0.975. The molecule has 0 aliphatic heterocycles. The largest absolute Gasteiger partial charge is 0.481 e. The van der Waals surface area contributed by atoms with Gasteiger partial charge in [0.05, 0.1) is 13.5 Å². The summed E-state index contributed by atoms with van der Waals surface area (Å²) in [6.07, 6.45) is -0.294. The van der Waals surface area contributed by atoms with Gasteiger partial charge in [0.1, 0.15) is 17.2 Å². The number of benzene rings is 1. The molecule has 0 saturated heterocycles. The molecule has 0 fully saturated rings. The van der Waals surface area contributed by atoms with Crippen molar-refractivity contribution < 1.29 is 33.0 Å². The normalized spacial score (nSPS) is 9.86. The van der Waals surface area contributed by atoms with Gasteiger partial charge < -0.3 is 20.5 Å². The number of aliphatic carboxylic acids is 1. The zero-order valence-corrected chi connectivity index (χ0v) is 10.9.